The van der Waals surface area contributed by atoms with Gasteiger partial charge in [0.25, 0.3) is 5.91 Å². The Morgan fingerprint density at radius 2 is 2.24 bits per heavy atom. The number of benzene rings is 1. The van der Waals surface area contributed by atoms with Gasteiger partial charge in [-0.15, -0.1) is 11.6 Å². The zero-order chi connectivity index (χ0) is 12.4. The minimum Gasteiger partial charge on any atom is -0.451 e. The molecule has 0 saturated carbocycles. The summed E-state index contributed by atoms with van der Waals surface area (Å²) in [6.07, 6.45) is 0. The maximum atomic E-state index is 11.8. The average molecular weight is 252 g/mol. The largest absolute Gasteiger partial charge is 0.451 e. The number of alkyl halides is 1. The molecule has 1 N–H and O–H groups in total. The molecule has 1 aromatic carbocycles. The third-order valence-corrected chi connectivity index (χ3v) is 2.97. The third-order valence-electron chi connectivity index (χ3n) is 2.50. The molecule has 0 aliphatic carbocycles. The van der Waals surface area contributed by atoms with Crippen molar-refractivity contribution in [1.82, 2.24) is 5.32 Å². The smallest absolute Gasteiger partial charge is 0.287 e. The van der Waals surface area contributed by atoms with Crippen LogP contribution >= 0.6 is 11.6 Å². The first kappa shape index (κ1) is 12.0. The number of furan rings is 1. The standard InChI is InChI=1S/C13H14ClNO2/c1-8-3-4-11-10(5-8)6-12(17-11)13(16)15-9(2)7-14/h3-6,9H,7H2,1-2H3,(H,15,16). The molecule has 90 valence electrons. The van der Waals surface area contributed by atoms with Crippen molar-refractivity contribution in [3.8, 4) is 0 Å². The van der Waals surface area contributed by atoms with Crippen LogP contribution < -0.4 is 5.32 Å². The second kappa shape index (κ2) is 4.80. The fourth-order valence-electron chi connectivity index (χ4n) is 1.61. The molecule has 0 spiro atoms. The van der Waals surface area contributed by atoms with E-state index in [9.17, 15) is 4.79 Å². The predicted molar refractivity (Wildman–Crippen MR) is 68.6 cm³/mol. The van der Waals surface area contributed by atoms with Gasteiger partial charge in [-0.3, -0.25) is 4.79 Å². The van der Waals surface area contributed by atoms with Crippen molar-refractivity contribution in [2.45, 2.75) is 19.9 Å². The summed E-state index contributed by atoms with van der Waals surface area (Å²) in [7, 11) is 0. The van der Waals surface area contributed by atoms with Crippen LogP contribution in [0, 0.1) is 6.92 Å². The van der Waals surface area contributed by atoms with E-state index in [0.29, 0.717) is 11.6 Å². The van der Waals surface area contributed by atoms with Gasteiger partial charge in [-0.1, -0.05) is 11.6 Å². The average Bonchev–Trinajstić information content (AvgIpc) is 2.71. The second-order valence-corrected chi connectivity index (χ2v) is 4.49. The highest BCUT2D eigenvalue weighted by Gasteiger charge is 2.14. The molecule has 0 bridgehead atoms. The molecule has 0 aliphatic heterocycles. The summed E-state index contributed by atoms with van der Waals surface area (Å²) in [5.74, 6) is 0.472. The van der Waals surface area contributed by atoms with E-state index in [1.165, 1.54) is 0 Å². The Balaban J connectivity index is 2.27. The van der Waals surface area contributed by atoms with Crippen molar-refractivity contribution in [3.05, 3.63) is 35.6 Å². The highest BCUT2D eigenvalue weighted by molar-refractivity contribution is 6.18. The second-order valence-electron chi connectivity index (χ2n) is 4.18. The summed E-state index contributed by atoms with van der Waals surface area (Å²) in [5.41, 5.74) is 1.86. The van der Waals surface area contributed by atoms with Crippen molar-refractivity contribution >= 4 is 28.5 Å². The van der Waals surface area contributed by atoms with Crippen molar-refractivity contribution < 1.29 is 9.21 Å². The van der Waals surface area contributed by atoms with E-state index in [0.717, 1.165) is 16.5 Å². The van der Waals surface area contributed by atoms with Crippen LogP contribution in [-0.4, -0.2) is 17.8 Å². The van der Waals surface area contributed by atoms with E-state index in [4.69, 9.17) is 16.0 Å². The maximum absolute atomic E-state index is 11.8. The summed E-state index contributed by atoms with van der Waals surface area (Å²) in [6.45, 7) is 3.85. The molecule has 1 aromatic heterocycles. The molecule has 0 radical (unpaired) electrons. The summed E-state index contributed by atoms with van der Waals surface area (Å²) in [5, 5.41) is 3.70. The fraction of sp³-hybridized carbons (Fsp3) is 0.308. The van der Waals surface area contributed by atoms with Gasteiger partial charge in [0, 0.05) is 17.3 Å². The van der Waals surface area contributed by atoms with Gasteiger partial charge < -0.3 is 9.73 Å². The Hall–Kier alpha value is -1.48. The molecule has 0 saturated heterocycles. The van der Waals surface area contributed by atoms with Gasteiger partial charge >= 0.3 is 0 Å². The molecule has 2 aromatic rings. The normalized spacial score (nSPS) is 12.6. The molecule has 17 heavy (non-hydrogen) atoms. The summed E-state index contributed by atoms with van der Waals surface area (Å²) >= 11 is 5.64. The van der Waals surface area contributed by atoms with E-state index in [1.54, 1.807) is 6.07 Å². The lowest BCUT2D eigenvalue weighted by Crippen LogP contribution is -2.33. The van der Waals surface area contributed by atoms with Crippen LogP contribution in [-0.2, 0) is 0 Å². The Morgan fingerprint density at radius 3 is 2.94 bits per heavy atom. The molecule has 4 heteroatoms. The molecule has 2 rings (SSSR count). The van der Waals surface area contributed by atoms with Crippen LogP contribution in [0.2, 0.25) is 0 Å². The van der Waals surface area contributed by atoms with Gasteiger partial charge in [-0.05, 0) is 32.0 Å². The molecule has 1 heterocycles. The minimum absolute atomic E-state index is 0.0703. The van der Waals surface area contributed by atoms with Gasteiger partial charge in [-0.2, -0.15) is 0 Å². The highest BCUT2D eigenvalue weighted by atomic mass is 35.5. The molecule has 1 unspecified atom stereocenters. The first-order valence-corrected chi connectivity index (χ1v) is 6.00. The molecule has 0 aliphatic rings. The van der Waals surface area contributed by atoms with Gasteiger partial charge in [-0.25, -0.2) is 0 Å². The van der Waals surface area contributed by atoms with Gasteiger partial charge in [0.1, 0.15) is 5.58 Å². The van der Waals surface area contributed by atoms with Crippen molar-refractivity contribution in [2.24, 2.45) is 0 Å². The van der Waals surface area contributed by atoms with Crippen LogP contribution in [0.3, 0.4) is 0 Å². The number of amides is 1. The molecule has 1 atom stereocenters. The lowest BCUT2D eigenvalue weighted by atomic mass is 10.2. The molecule has 3 nitrogen and oxygen atoms in total. The number of fused-ring (bicyclic) bond motifs is 1. The number of hydrogen-bond acceptors (Lipinski definition) is 2. The van der Waals surface area contributed by atoms with E-state index < -0.39 is 0 Å². The Kier molecular flexibility index (Phi) is 3.38. The lowest BCUT2D eigenvalue weighted by Gasteiger charge is -2.07. The molecular formula is C13H14ClNO2. The number of halogens is 1. The number of rotatable bonds is 3. The molecular weight excluding hydrogens is 238 g/mol. The van der Waals surface area contributed by atoms with Crippen LogP contribution in [0.15, 0.2) is 28.7 Å². The van der Waals surface area contributed by atoms with Crippen molar-refractivity contribution in [3.63, 3.8) is 0 Å². The van der Waals surface area contributed by atoms with Crippen LogP contribution in [0.1, 0.15) is 23.0 Å². The summed E-state index contributed by atoms with van der Waals surface area (Å²) < 4.78 is 5.48. The van der Waals surface area contributed by atoms with Crippen molar-refractivity contribution in [2.75, 3.05) is 5.88 Å². The number of hydrogen-bond donors (Lipinski definition) is 1. The Labute approximate surface area is 105 Å². The predicted octanol–water partition coefficient (Wildman–Crippen LogP) is 3.10. The SMILES string of the molecule is Cc1ccc2oc(C(=O)NC(C)CCl)cc2c1. The minimum atomic E-state index is -0.230. The zero-order valence-electron chi connectivity index (χ0n) is 9.79. The monoisotopic (exact) mass is 251 g/mol. The van der Waals surface area contributed by atoms with Crippen LogP contribution in [0.25, 0.3) is 11.0 Å². The number of carbonyl (C=O) groups is 1. The van der Waals surface area contributed by atoms with Crippen LogP contribution in [0.5, 0.6) is 0 Å². The van der Waals surface area contributed by atoms with E-state index in [-0.39, 0.29) is 11.9 Å². The first-order chi connectivity index (χ1) is 8.10. The van der Waals surface area contributed by atoms with E-state index >= 15 is 0 Å². The highest BCUT2D eigenvalue weighted by Crippen LogP contribution is 2.20. The van der Waals surface area contributed by atoms with E-state index in [1.807, 2.05) is 32.0 Å². The Morgan fingerprint density at radius 1 is 1.47 bits per heavy atom. The summed E-state index contributed by atoms with van der Waals surface area (Å²) in [6, 6.07) is 7.49. The Bertz CT molecular complexity index is 547. The number of carbonyl (C=O) groups excluding carboxylic acids is 1. The quantitative estimate of drug-likeness (QED) is 0.852. The number of nitrogens with one attached hydrogen (secondary N) is 1. The number of aryl methyl sites for hydroxylation is 1. The fourth-order valence-corrected chi connectivity index (χ4v) is 1.69. The summed E-state index contributed by atoms with van der Waals surface area (Å²) in [4.78, 5) is 11.8. The van der Waals surface area contributed by atoms with Gasteiger partial charge in [0.2, 0.25) is 0 Å². The van der Waals surface area contributed by atoms with Crippen LogP contribution in [0.4, 0.5) is 0 Å². The van der Waals surface area contributed by atoms with Gasteiger partial charge in [0.05, 0.1) is 0 Å². The lowest BCUT2D eigenvalue weighted by molar-refractivity contribution is 0.0918. The molecule has 1 amide bonds. The van der Waals surface area contributed by atoms with Gasteiger partial charge in [0.15, 0.2) is 5.76 Å². The first-order valence-electron chi connectivity index (χ1n) is 5.47. The topological polar surface area (TPSA) is 42.2 Å². The zero-order valence-corrected chi connectivity index (χ0v) is 10.5. The maximum Gasteiger partial charge on any atom is 0.287 e. The van der Waals surface area contributed by atoms with E-state index in [2.05, 4.69) is 5.32 Å². The van der Waals surface area contributed by atoms with Crippen molar-refractivity contribution in [1.29, 1.82) is 0 Å². The molecule has 0 fully saturated rings. The third kappa shape index (κ3) is 2.61.